The lowest BCUT2D eigenvalue weighted by molar-refractivity contribution is -0.143. The van der Waals surface area contributed by atoms with Crippen molar-refractivity contribution in [2.24, 2.45) is 5.92 Å². The van der Waals surface area contributed by atoms with Crippen LogP contribution in [0.2, 0.25) is 5.02 Å². The molecule has 0 saturated carbocycles. The number of hydrogen-bond acceptors (Lipinski definition) is 4. The maximum atomic E-state index is 12.9. The molecule has 2 aromatic rings. The molecule has 1 N–H and O–H groups in total. The van der Waals surface area contributed by atoms with Gasteiger partial charge in [0.2, 0.25) is 0 Å². The van der Waals surface area contributed by atoms with Crippen molar-refractivity contribution in [2.75, 3.05) is 13.1 Å². The van der Waals surface area contributed by atoms with Crippen LogP contribution < -0.4 is 0 Å². The van der Waals surface area contributed by atoms with Gasteiger partial charge in [0.05, 0.1) is 17.3 Å². The fraction of sp³-hybridized carbons (Fsp3) is 0.412. The molecule has 3 rings (SSSR count). The van der Waals surface area contributed by atoms with Gasteiger partial charge in [0.25, 0.3) is 5.91 Å². The van der Waals surface area contributed by atoms with Gasteiger partial charge in [-0.15, -0.1) is 5.10 Å². The molecule has 0 bridgehead atoms. The van der Waals surface area contributed by atoms with E-state index in [1.165, 1.54) is 0 Å². The Balaban J connectivity index is 1.90. The molecule has 1 aromatic heterocycles. The first-order valence-corrected chi connectivity index (χ1v) is 8.61. The lowest BCUT2D eigenvalue weighted by Crippen LogP contribution is -2.42. The van der Waals surface area contributed by atoms with Crippen LogP contribution in [0.15, 0.2) is 24.3 Å². The minimum absolute atomic E-state index is 0.210. The van der Waals surface area contributed by atoms with Crippen LogP contribution >= 0.6 is 11.6 Å². The standard InChI is InChI=1S/C17H19ClN4O3/c1-2-14-15(16(23)21-8-4-5-11(10-21)17(24)25)19-20-22(14)13-7-3-6-12(18)9-13/h3,6-7,9,11H,2,4-5,8,10H2,1H3,(H,24,25)/t11-/m1/s1. The summed E-state index contributed by atoms with van der Waals surface area (Å²) in [6, 6.07) is 7.17. The third-order valence-electron chi connectivity index (χ3n) is 4.41. The number of carbonyl (C=O) groups is 2. The third kappa shape index (κ3) is 3.51. The molecule has 1 aromatic carbocycles. The van der Waals surface area contributed by atoms with Crippen molar-refractivity contribution in [3.63, 3.8) is 0 Å². The quantitative estimate of drug-likeness (QED) is 0.902. The molecule has 2 heterocycles. The molecular weight excluding hydrogens is 344 g/mol. The van der Waals surface area contributed by atoms with Crippen LogP contribution in [0.3, 0.4) is 0 Å². The van der Waals surface area contributed by atoms with Crippen LogP contribution in [-0.4, -0.2) is 50.0 Å². The van der Waals surface area contributed by atoms with Crippen molar-refractivity contribution in [1.29, 1.82) is 0 Å². The van der Waals surface area contributed by atoms with Gasteiger partial charge in [-0.3, -0.25) is 9.59 Å². The number of carboxylic acid groups (broad SMARTS) is 1. The molecule has 7 nitrogen and oxygen atoms in total. The van der Waals surface area contributed by atoms with Crippen LogP contribution in [0.5, 0.6) is 0 Å². The zero-order valence-electron chi connectivity index (χ0n) is 13.9. The van der Waals surface area contributed by atoms with Gasteiger partial charge < -0.3 is 10.0 Å². The Kier molecular flexibility index (Phi) is 5.03. The predicted octanol–water partition coefficient (Wildman–Crippen LogP) is 2.42. The number of halogens is 1. The van der Waals surface area contributed by atoms with Crippen molar-refractivity contribution >= 4 is 23.5 Å². The molecule has 0 radical (unpaired) electrons. The highest BCUT2D eigenvalue weighted by molar-refractivity contribution is 6.30. The number of benzene rings is 1. The highest BCUT2D eigenvalue weighted by atomic mass is 35.5. The highest BCUT2D eigenvalue weighted by Crippen LogP contribution is 2.22. The van der Waals surface area contributed by atoms with E-state index in [1.807, 2.05) is 19.1 Å². The number of piperidine rings is 1. The molecular formula is C17H19ClN4O3. The predicted molar refractivity (Wildman–Crippen MR) is 92.0 cm³/mol. The Labute approximate surface area is 150 Å². The second-order valence-corrected chi connectivity index (χ2v) is 6.49. The lowest BCUT2D eigenvalue weighted by atomic mass is 9.98. The summed E-state index contributed by atoms with van der Waals surface area (Å²) < 4.78 is 1.61. The number of carbonyl (C=O) groups excluding carboxylic acids is 1. The Morgan fingerprint density at radius 1 is 1.40 bits per heavy atom. The highest BCUT2D eigenvalue weighted by Gasteiger charge is 2.31. The average Bonchev–Trinajstić information content (AvgIpc) is 3.05. The molecule has 25 heavy (non-hydrogen) atoms. The first-order chi connectivity index (χ1) is 12.0. The number of amides is 1. The van der Waals surface area contributed by atoms with Crippen LogP contribution in [0.25, 0.3) is 5.69 Å². The summed E-state index contributed by atoms with van der Waals surface area (Å²) in [5.74, 6) is -1.65. The maximum Gasteiger partial charge on any atom is 0.308 e. The Morgan fingerprint density at radius 2 is 2.20 bits per heavy atom. The summed E-state index contributed by atoms with van der Waals surface area (Å²) in [4.78, 5) is 25.6. The molecule has 1 atom stereocenters. The van der Waals surface area contributed by atoms with Gasteiger partial charge in [-0.25, -0.2) is 4.68 Å². The van der Waals surface area contributed by atoms with E-state index >= 15 is 0 Å². The van der Waals surface area contributed by atoms with E-state index in [1.54, 1.807) is 21.7 Å². The van der Waals surface area contributed by atoms with Crippen LogP contribution in [0, 0.1) is 5.92 Å². The van der Waals surface area contributed by atoms with Crippen LogP contribution in [-0.2, 0) is 11.2 Å². The Bertz CT molecular complexity index is 805. The molecule has 132 valence electrons. The molecule has 0 aliphatic carbocycles. The second kappa shape index (κ2) is 7.23. The summed E-state index contributed by atoms with van der Waals surface area (Å²) >= 11 is 6.03. The zero-order chi connectivity index (χ0) is 18.0. The van der Waals surface area contributed by atoms with Crippen molar-refractivity contribution < 1.29 is 14.7 Å². The molecule has 1 aliphatic heterocycles. The average molecular weight is 363 g/mol. The number of carboxylic acids is 1. The second-order valence-electron chi connectivity index (χ2n) is 6.06. The zero-order valence-corrected chi connectivity index (χ0v) is 14.6. The van der Waals surface area contributed by atoms with E-state index in [9.17, 15) is 14.7 Å². The number of nitrogens with zero attached hydrogens (tertiary/aromatic N) is 4. The SMILES string of the molecule is CCc1c(C(=O)N2CCC[C@@H](C(=O)O)C2)nnn1-c1cccc(Cl)c1. The van der Waals surface area contributed by atoms with Crippen molar-refractivity contribution in [2.45, 2.75) is 26.2 Å². The normalized spacial score (nSPS) is 17.5. The number of hydrogen-bond donors (Lipinski definition) is 1. The Hall–Kier alpha value is -2.41. The third-order valence-corrected chi connectivity index (χ3v) is 4.65. The van der Waals surface area contributed by atoms with E-state index in [0.717, 1.165) is 5.69 Å². The molecule has 1 aliphatic rings. The molecule has 0 unspecified atom stereocenters. The number of aliphatic carboxylic acids is 1. The number of rotatable bonds is 4. The van der Waals surface area contributed by atoms with Gasteiger partial charge in [0.15, 0.2) is 5.69 Å². The molecule has 0 spiro atoms. The topological polar surface area (TPSA) is 88.3 Å². The number of aromatic nitrogens is 3. The van der Waals surface area contributed by atoms with Gasteiger partial charge >= 0.3 is 5.97 Å². The summed E-state index contributed by atoms with van der Waals surface area (Å²) in [6.07, 6.45) is 1.83. The molecule has 1 fully saturated rings. The minimum Gasteiger partial charge on any atom is -0.481 e. The molecule has 1 amide bonds. The van der Waals surface area contributed by atoms with Crippen molar-refractivity contribution in [1.82, 2.24) is 19.9 Å². The largest absolute Gasteiger partial charge is 0.481 e. The van der Waals surface area contributed by atoms with E-state index in [2.05, 4.69) is 10.3 Å². The van der Waals surface area contributed by atoms with Gasteiger partial charge in [-0.1, -0.05) is 29.8 Å². The van der Waals surface area contributed by atoms with Gasteiger partial charge in [-0.05, 0) is 37.5 Å². The minimum atomic E-state index is -0.865. The Morgan fingerprint density at radius 3 is 2.88 bits per heavy atom. The summed E-state index contributed by atoms with van der Waals surface area (Å²) in [5.41, 5.74) is 1.69. The van der Waals surface area contributed by atoms with Crippen LogP contribution in [0.1, 0.15) is 35.9 Å². The van der Waals surface area contributed by atoms with Gasteiger partial charge in [0, 0.05) is 18.1 Å². The van der Waals surface area contributed by atoms with E-state index in [-0.39, 0.29) is 18.1 Å². The van der Waals surface area contributed by atoms with Gasteiger partial charge in [-0.2, -0.15) is 0 Å². The van der Waals surface area contributed by atoms with Crippen LogP contribution in [0.4, 0.5) is 0 Å². The number of likely N-dealkylation sites (tertiary alicyclic amines) is 1. The van der Waals surface area contributed by atoms with Crippen molar-refractivity contribution in [3.8, 4) is 5.69 Å². The van der Waals surface area contributed by atoms with E-state index in [0.29, 0.717) is 36.5 Å². The van der Waals surface area contributed by atoms with Crippen molar-refractivity contribution in [3.05, 3.63) is 40.7 Å². The first kappa shape index (κ1) is 17.4. The smallest absolute Gasteiger partial charge is 0.308 e. The fourth-order valence-electron chi connectivity index (χ4n) is 3.11. The summed E-state index contributed by atoms with van der Waals surface area (Å²) in [5, 5.41) is 18.0. The maximum absolute atomic E-state index is 12.9. The first-order valence-electron chi connectivity index (χ1n) is 8.23. The lowest BCUT2D eigenvalue weighted by Gasteiger charge is -2.30. The molecule has 8 heteroatoms. The molecule has 1 saturated heterocycles. The summed E-state index contributed by atoms with van der Waals surface area (Å²) in [7, 11) is 0. The fourth-order valence-corrected chi connectivity index (χ4v) is 3.30. The monoisotopic (exact) mass is 362 g/mol. The van der Waals surface area contributed by atoms with E-state index in [4.69, 9.17) is 11.6 Å². The van der Waals surface area contributed by atoms with Gasteiger partial charge in [0.1, 0.15) is 0 Å². The summed E-state index contributed by atoms with van der Waals surface area (Å²) in [6.45, 7) is 2.67. The van der Waals surface area contributed by atoms with E-state index < -0.39 is 11.9 Å².